The Hall–Kier alpha value is -2.09. The number of hydrogen-bond acceptors (Lipinski definition) is 6. The van der Waals surface area contributed by atoms with E-state index in [0.29, 0.717) is 24.7 Å². The number of alkyl halides is 2. The van der Waals surface area contributed by atoms with Gasteiger partial charge in [-0.1, -0.05) is 11.2 Å². The number of rotatable bonds is 5. The maximum atomic E-state index is 12.1. The molecule has 6 nitrogen and oxygen atoms in total. The maximum Gasteiger partial charge on any atom is 0.276 e. The van der Waals surface area contributed by atoms with Gasteiger partial charge in [-0.25, -0.2) is 13.8 Å². The number of halogens is 2. The summed E-state index contributed by atoms with van der Waals surface area (Å²) in [4.78, 5) is 8.35. The van der Waals surface area contributed by atoms with E-state index in [2.05, 4.69) is 15.1 Å². The van der Waals surface area contributed by atoms with Crippen molar-refractivity contribution in [2.24, 2.45) is 0 Å². The molecule has 1 aliphatic heterocycles. The van der Waals surface area contributed by atoms with Crippen LogP contribution in [0.1, 0.15) is 18.2 Å². The molecule has 21 heavy (non-hydrogen) atoms. The number of hydrogen-bond donors (Lipinski definition) is 0. The smallest absolute Gasteiger partial charge is 0.276 e. The van der Waals surface area contributed by atoms with Crippen molar-refractivity contribution >= 4 is 0 Å². The predicted octanol–water partition coefficient (Wildman–Crippen LogP) is 2.28. The first kappa shape index (κ1) is 13.9. The van der Waals surface area contributed by atoms with Crippen LogP contribution in [0.2, 0.25) is 0 Å². The summed E-state index contributed by atoms with van der Waals surface area (Å²) in [6.07, 6.45) is -1.70. The van der Waals surface area contributed by atoms with Crippen molar-refractivity contribution in [1.29, 1.82) is 0 Å². The van der Waals surface area contributed by atoms with Crippen LogP contribution in [-0.2, 0) is 4.74 Å². The predicted molar refractivity (Wildman–Crippen MR) is 67.2 cm³/mol. The standard InChI is InChI=1S/C13H13F2N3O3/c14-10(15)7-20-11-3-1-2-9(16-11)13-17-12(18-21-13)8-4-5-19-6-8/h1-3,8,10H,4-7H2/t8-/m1/s1. The van der Waals surface area contributed by atoms with E-state index in [0.717, 1.165) is 6.42 Å². The first-order valence-electron chi connectivity index (χ1n) is 6.52. The lowest BCUT2D eigenvalue weighted by Gasteiger charge is -2.04. The molecule has 0 unspecified atom stereocenters. The zero-order chi connectivity index (χ0) is 14.7. The van der Waals surface area contributed by atoms with Gasteiger partial charge in [-0.05, 0) is 12.5 Å². The molecule has 0 spiro atoms. The Morgan fingerprint density at radius 3 is 3.00 bits per heavy atom. The van der Waals surface area contributed by atoms with E-state index in [1.54, 1.807) is 12.1 Å². The van der Waals surface area contributed by atoms with Crippen LogP contribution >= 0.6 is 0 Å². The number of pyridine rings is 1. The first-order valence-corrected chi connectivity index (χ1v) is 6.52. The van der Waals surface area contributed by atoms with Gasteiger partial charge in [0.25, 0.3) is 12.3 Å². The molecule has 0 aliphatic carbocycles. The highest BCUT2D eigenvalue weighted by Crippen LogP contribution is 2.25. The van der Waals surface area contributed by atoms with Crippen molar-refractivity contribution in [3.8, 4) is 17.5 Å². The minimum absolute atomic E-state index is 0.0942. The van der Waals surface area contributed by atoms with Crippen LogP contribution in [0, 0.1) is 0 Å². The van der Waals surface area contributed by atoms with Crippen molar-refractivity contribution in [3.05, 3.63) is 24.0 Å². The van der Waals surface area contributed by atoms with E-state index >= 15 is 0 Å². The molecule has 0 amide bonds. The monoisotopic (exact) mass is 297 g/mol. The minimum Gasteiger partial charge on any atom is -0.472 e. The second-order valence-corrected chi connectivity index (χ2v) is 4.58. The lowest BCUT2D eigenvalue weighted by atomic mass is 10.1. The molecule has 1 aliphatic rings. The van der Waals surface area contributed by atoms with E-state index in [4.69, 9.17) is 14.0 Å². The SMILES string of the molecule is FC(F)COc1cccc(-c2nc([C@@H]3CCOC3)no2)n1. The first-order chi connectivity index (χ1) is 10.2. The van der Waals surface area contributed by atoms with Crippen molar-refractivity contribution in [1.82, 2.24) is 15.1 Å². The van der Waals surface area contributed by atoms with Crippen LogP contribution in [0.3, 0.4) is 0 Å². The second-order valence-electron chi connectivity index (χ2n) is 4.58. The van der Waals surface area contributed by atoms with Gasteiger partial charge in [0.2, 0.25) is 5.88 Å². The zero-order valence-corrected chi connectivity index (χ0v) is 11.0. The Labute approximate surface area is 119 Å². The second kappa shape index (κ2) is 6.13. The highest BCUT2D eigenvalue weighted by Gasteiger charge is 2.23. The molecule has 112 valence electrons. The van der Waals surface area contributed by atoms with Crippen LogP contribution in [-0.4, -0.2) is 41.4 Å². The summed E-state index contributed by atoms with van der Waals surface area (Å²) in [5.41, 5.74) is 0.388. The van der Waals surface area contributed by atoms with E-state index in [1.165, 1.54) is 6.07 Å². The van der Waals surface area contributed by atoms with Gasteiger partial charge in [0, 0.05) is 18.6 Å². The Morgan fingerprint density at radius 2 is 2.24 bits per heavy atom. The molecule has 0 radical (unpaired) electrons. The summed E-state index contributed by atoms with van der Waals surface area (Å²) < 4.78 is 39.5. The summed E-state index contributed by atoms with van der Waals surface area (Å²) in [7, 11) is 0. The van der Waals surface area contributed by atoms with E-state index in [9.17, 15) is 8.78 Å². The van der Waals surface area contributed by atoms with Gasteiger partial charge in [0.1, 0.15) is 5.69 Å². The molecule has 3 rings (SSSR count). The quantitative estimate of drug-likeness (QED) is 0.843. The Kier molecular flexibility index (Phi) is 4.05. The molecule has 0 aromatic carbocycles. The van der Waals surface area contributed by atoms with Crippen LogP contribution in [0.4, 0.5) is 8.78 Å². The summed E-state index contributed by atoms with van der Waals surface area (Å²) in [6, 6.07) is 4.78. The van der Waals surface area contributed by atoms with Crippen LogP contribution in [0.5, 0.6) is 5.88 Å². The Bertz CT molecular complexity index is 600. The molecule has 3 heterocycles. The normalized spacial score (nSPS) is 18.3. The van der Waals surface area contributed by atoms with Gasteiger partial charge in [-0.3, -0.25) is 0 Å². The summed E-state index contributed by atoms with van der Waals surface area (Å²) in [6.45, 7) is 0.554. The fourth-order valence-electron chi connectivity index (χ4n) is 2.01. The summed E-state index contributed by atoms with van der Waals surface area (Å²) >= 11 is 0. The highest BCUT2D eigenvalue weighted by atomic mass is 19.3. The third-order valence-electron chi connectivity index (χ3n) is 3.04. The van der Waals surface area contributed by atoms with Crippen LogP contribution in [0.25, 0.3) is 11.6 Å². The van der Waals surface area contributed by atoms with Gasteiger partial charge >= 0.3 is 0 Å². The van der Waals surface area contributed by atoms with Crippen molar-refractivity contribution < 1.29 is 22.8 Å². The fourth-order valence-corrected chi connectivity index (χ4v) is 2.01. The van der Waals surface area contributed by atoms with Crippen LogP contribution in [0.15, 0.2) is 22.7 Å². The fraction of sp³-hybridized carbons (Fsp3) is 0.462. The van der Waals surface area contributed by atoms with E-state index in [-0.39, 0.29) is 17.7 Å². The van der Waals surface area contributed by atoms with Crippen LogP contribution < -0.4 is 4.74 Å². The maximum absolute atomic E-state index is 12.1. The Morgan fingerprint density at radius 1 is 1.33 bits per heavy atom. The van der Waals surface area contributed by atoms with Gasteiger partial charge in [0.05, 0.1) is 6.61 Å². The molecule has 0 N–H and O–H groups in total. The Balaban J connectivity index is 1.75. The van der Waals surface area contributed by atoms with E-state index < -0.39 is 13.0 Å². The van der Waals surface area contributed by atoms with Gasteiger partial charge in [0.15, 0.2) is 12.4 Å². The average Bonchev–Trinajstić information content (AvgIpc) is 3.16. The molecule has 0 bridgehead atoms. The lowest BCUT2D eigenvalue weighted by Crippen LogP contribution is -2.08. The molecule has 8 heteroatoms. The lowest BCUT2D eigenvalue weighted by molar-refractivity contribution is 0.0796. The molecule has 0 saturated carbocycles. The zero-order valence-electron chi connectivity index (χ0n) is 11.0. The topological polar surface area (TPSA) is 70.3 Å². The molecule has 1 saturated heterocycles. The average molecular weight is 297 g/mol. The molecular formula is C13H13F2N3O3. The summed E-state index contributed by atoms with van der Waals surface area (Å²) in [5.74, 6) is 1.03. The van der Waals surface area contributed by atoms with Gasteiger partial charge < -0.3 is 14.0 Å². The molecular weight excluding hydrogens is 284 g/mol. The number of nitrogens with zero attached hydrogens (tertiary/aromatic N) is 3. The molecule has 1 fully saturated rings. The van der Waals surface area contributed by atoms with Crippen molar-refractivity contribution in [3.63, 3.8) is 0 Å². The summed E-state index contributed by atoms with van der Waals surface area (Å²) in [5, 5.41) is 3.91. The molecule has 2 aromatic heterocycles. The third kappa shape index (κ3) is 3.33. The third-order valence-corrected chi connectivity index (χ3v) is 3.04. The number of ether oxygens (including phenoxy) is 2. The highest BCUT2D eigenvalue weighted by molar-refractivity contribution is 5.47. The molecule has 2 aromatic rings. The van der Waals surface area contributed by atoms with Crippen molar-refractivity contribution in [2.45, 2.75) is 18.8 Å². The number of aromatic nitrogens is 3. The van der Waals surface area contributed by atoms with Gasteiger partial charge in [-0.2, -0.15) is 4.98 Å². The molecule has 1 atom stereocenters. The minimum atomic E-state index is -2.55. The van der Waals surface area contributed by atoms with Gasteiger partial charge in [-0.15, -0.1) is 0 Å². The van der Waals surface area contributed by atoms with Crippen molar-refractivity contribution in [2.75, 3.05) is 19.8 Å². The van der Waals surface area contributed by atoms with E-state index in [1.807, 2.05) is 0 Å². The largest absolute Gasteiger partial charge is 0.472 e.